The zero-order valence-electron chi connectivity index (χ0n) is 7.62. The van der Waals surface area contributed by atoms with Crippen molar-refractivity contribution in [3.63, 3.8) is 0 Å². The van der Waals surface area contributed by atoms with Gasteiger partial charge in [0, 0.05) is 0 Å². The maximum atomic E-state index is 10.6. The monoisotopic (exact) mass is 174 g/mol. The van der Waals surface area contributed by atoms with Gasteiger partial charge in [-0.25, -0.2) is 0 Å². The second-order valence-corrected chi connectivity index (χ2v) is 3.25. The van der Waals surface area contributed by atoms with Crippen LogP contribution in [0.3, 0.4) is 0 Å². The highest BCUT2D eigenvalue weighted by Gasteiger charge is 2.27. The Labute approximate surface area is 73.4 Å². The largest absolute Gasteiger partial charge is 0.395 e. The quantitative estimate of drug-likeness (QED) is 0.442. The molecule has 0 radical (unpaired) electrons. The van der Waals surface area contributed by atoms with Crippen LogP contribution in [0.4, 0.5) is 0 Å². The van der Waals surface area contributed by atoms with Gasteiger partial charge in [-0.3, -0.25) is 0 Å². The third-order valence-corrected chi connectivity index (χ3v) is 2.16. The third-order valence-electron chi connectivity index (χ3n) is 2.16. The van der Waals surface area contributed by atoms with Gasteiger partial charge in [-0.2, -0.15) is 0 Å². The molecule has 0 aliphatic carbocycles. The number of carbonyl (C=O) groups excluding carboxylic acids is 1. The van der Waals surface area contributed by atoms with Gasteiger partial charge in [0.15, 0.2) is 0 Å². The molecular weight excluding hydrogens is 156 g/mol. The molecule has 0 bridgehead atoms. The predicted molar refractivity (Wildman–Crippen MR) is 46.8 cm³/mol. The summed E-state index contributed by atoms with van der Waals surface area (Å²) in [6.07, 6.45) is 4.25. The van der Waals surface area contributed by atoms with Crippen LogP contribution >= 0.6 is 0 Å². The first-order valence-electron chi connectivity index (χ1n) is 4.42. The minimum absolute atomic E-state index is 0.253. The topological polar surface area (TPSA) is 57.5 Å². The Bertz CT molecular complexity index is 119. The van der Waals surface area contributed by atoms with Crippen LogP contribution in [0.1, 0.15) is 32.6 Å². The molecule has 0 amide bonds. The minimum atomic E-state index is -0.894. The molecule has 0 aliphatic heterocycles. The molecule has 0 saturated heterocycles. The molecule has 0 heterocycles. The molecule has 0 aromatic carbocycles. The average Bonchev–Trinajstić information content (AvgIpc) is 2.14. The van der Waals surface area contributed by atoms with Crippen molar-refractivity contribution in [2.45, 2.75) is 32.6 Å². The van der Waals surface area contributed by atoms with Crippen molar-refractivity contribution in [1.82, 2.24) is 0 Å². The van der Waals surface area contributed by atoms with Gasteiger partial charge in [0.05, 0.1) is 18.6 Å². The molecule has 0 fully saturated rings. The van der Waals surface area contributed by atoms with Gasteiger partial charge in [0.1, 0.15) is 6.29 Å². The van der Waals surface area contributed by atoms with Gasteiger partial charge >= 0.3 is 0 Å². The SMILES string of the molecule is CCCCCC(C=O)(CO)CO. The molecule has 0 rings (SSSR count). The van der Waals surface area contributed by atoms with Crippen molar-refractivity contribution in [2.75, 3.05) is 13.2 Å². The number of aldehydes is 1. The van der Waals surface area contributed by atoms with Crippen LogP contribution in [-0.2, 0) is 4.79 Å². The van der Waals surface area contributed by atoms with Crippen molar-refractivity contribution < 1.29 is 15.0 Å². The zero-order valence-corrected chi connectivity index (χ0v) is 7.62. The number of carbonyl (C=O) groups is 1. The van der Waals surface area contributed by atoms with E-state index in [0.717, 1.165) is 19.3 Å². The average molecular weight is 174 g/mol. The Morgan fingerprint density at radius 2 is 1.83 bits per heavy atom. The van der Waals surface area contributed by atoms with Crippen molar-refractivity contribution in [3.8, 4) is 0 Å². The van der Waals surface area contributed by atoms with Gasteiger partial charge in [0.25, 0.3) is 0 Å². The van der Waals surface area contributed by atoms with Gasteiger partial charge in [-0.1, -0.05) is 26.2 Å². The smallest absolute Gasteiger partial charge is 0.130 e. The van der Waals surface area contributed by atoms with Crippen molar-refractivity contribution in [2.24, 2.45) is 5.41 Å². The Balaban J connectivity index is 3.84. The first-order valence-corrected chi connectivity index (χ1v) is 4.42. The summed E-state index contributed by atoms with van der Waals surface area (Å²) >= 11 is 0. The van der Waals surface area contributed by atoms with Crippen LogP contribution in [0.25, 0.3) is 0 Å². The Hall–Kier alpha value is -0.410. The first-order chi connectivity index (χ1) is 5.74. The molecule has 0 aromatic rings. The molecule has 0 atom stereocenters. The number of unbranched alkanes of at least 4 members (excludes halogenated alkanes) is 2. The number of hydrogen-bond acceptors (Lipinski definition) is 3. The summed E-state index contributed by atoms with van der Waals surface area (Å²) in [5.41, 5.74) is -0.894. The zero-order chi connectivity index (χ0) is 9.45. The molecule has 12 heavy (non-hydrogen) atoms. The lowest BCUT2D eigenvalue weighted by Crippen LogP contribution is -2.31. The van der Waals surface area contributed by atoms with E-state index in [1.165, 1.54) is 0 Å². The molecule has 3 nitrogen and oxygen atoms in total. The number of aliphatic hydroxyl groups excluding tert-OH is 2. The fourth-order valence-electron chi connectivity index (χ4n) is 1.07. The molecule has 0 aromatic heterocycles. The highest BCUT2D eigenvalue weighted by Crippen LogP contribution is 2.21. The molecular formula is C9H18O3. The van der Waals surface area contributed by atoms with Crippen LogP contribution in [0.2, 0.25) is 0 Å². The van der Waals surface area contributed by atoms with Crippen LogP contribution in [0.5, 0.6) is 0 Å². The number of aliphatic hydroxyl groups is 2. The van der Waals surface area contributed by atoms with E-state index in [9.17, 15) is 4.79 Å². The second-order valence-electron chi connectivity index (χ2n) is 3.25. The summed E-state index contributed by atoms with van der Waals surface area (Å²) in [4.78, 5) is 10.6. The predicted octanol–water partition coefficient (Wildman–Crippen LogP) is 0.737. The molecule has 0 aliphatic rings. The van der Waals surface area contributed by atoms with E-state index in [-0.39, 0.29) is 13.2 Å². The van der Waals surface area contributed by atoms with Crippen LogP contribution in [0, 0.1) is 5.41 Å². The molecule has 0 unspecified atom stereocenters. The van der Waals surface area contributed by atoms with Gasteiger partial charge < -0.3 is 15.0 Å². The molecule has 0 spiro atoms. The molecule has 0 saturated carbocycles. The summed E-state index contributed by atoms with van der Waals surface area (Å²) in [5, 5.41) is 17.8. The van der Waals surface area contributed by atoms with E-state index in [1.54, 1.807) is 0 Å². The van der Waals surface area contributed by atoms with Crippen LogP contribution in [-0.4, -0.2) is 29.7 Å². The summed E-state index contributed by atoms with van der Waals surface area (Å²) in [6, 6.07) is 0. The summed E-state index contributed by atoms with van der Waals surface area (Å²) in [5.74, 6) is 0. The van der Waals surface area contributed by atoms with E-state index < -0.39 is 5.41 Å². The van der Waals surface area contributed by atoms with Crippen molar-refractivity contribution in [3.05, 3.63) is 0 Å². The summed E-state index contributed by atoms with van der Waals surface area (Å²) in [6.45, 7) is 1.56. The lowest BCUT2D eigenvalue weighted by molar-refractivity contribution is -0.121. The van der Waals surface area contributed by atoms with Crippen molar-refractivity contribution in [1.29, 1.82) is 0 Å². The lowest BCUT2D eigenvalue weighted by Gasteiger charge is -2.22. The fourth-order valence-corrected chi connectivity index (χ4v) is 1.07. The molecule has 3 heteroatoms. The van der Waals surface area contributed by atoms with E-state index in [1.807, 2.05) is 0 Å². The standard InChI is InChI=1S/C9H18O3/c1-2-3-4-5-9(6-10,7-11)8-12/h6,11-12H,2-5,7-8H2,1H3. The summed E-state index contributed by atoms with van der Waals surface area (Å²) < 4.78 is 0. The Morgan fingerprint density at radius 1 is 1.25 bits per heavy atom. The number of hydrogen-bond donors (Lipinski definition) is 2. The van der Waals surface area contributed by atoms with E-state index in [2.05, 4.69) is 6.92 Å². The van der Waals surface area contributed by atoms with Crippen molar-refractivity contribution >= 4 is 6.29 Å². The third kappa shape index (κ3) is 3.32. The number of rotatable bonds is 7. The summed E-state index contributed by atoms with van der Waals surface area (Å²) in [7, 11) is 0. The van der Waals surface area contributed by atoms with E-state index >= 15 is 0 Å². The van der Waals surface area contributed by atoms with Crippen LogP contribution in [0.15, 0.2) is 0 Å². The molecule has 2 N–H and O–H groups in total. The second kappa shape index (κ2) is 6.14. The first kappa shape index (κ1) is 11.6. The maximum absolute atomic E-state index is 10.6. The van der Waals surface area contributed by atoms with Gasteiger partial charge in [0.2, 0.25) is 0 Å². The highest BCUT2D eigenvalue weighted by molar-refractivity contribution is 5.59. The molecule has 72 valence electrons. The minimum Gasteiger partial charge on any atom is -0.395 e. The van der Waals surface area contributed by atoms with Gasteiger partial charge in [-0.05, 0) is 6.42 Å². The van der Waals surface area contributed by atoms with Gasteiger partial charge in [-0.15, -0.1) is 0 Å². The van der Waals surface area contributed by atoms with E-state index in [0.29, 0.717) is 12.7 Å². The normalized spacial score (nSPS) is 11.6. The lowest BCUT2D eigenvalue weighted by atomic mass is 9.86. The Morgan fingerprint density at radius 3 is 2.17 bits per heavy atom. The van der Waals surface area contributed by atoms with Crippen LogP contribution < -0.4 is 0 Å². The Kier molecular flexibility index (Phi) is 5.93. The maximum Gasteiger partial charge on any atom is 0.130 e. The fraction of sp³-hybridized carbons (Fsp3) is 0.889. The highest BCUT2D eigenvalue weighted by atomic mass is 16.3. The van der Waals surface area contributed by atoms with E-state index in [4.69, 9.17) is 10.2 Å².